The summed E-state index contributed by atoms with van der Waals surface area (Å²) in [6.07, 6.45) is 2.49. The Balaban J connectivity index is 0.00000280. The van der Waals surface area contributed by atoms with Crippen molar-refractivity contribution < 1.29 is 13.9 Å². The zero-order chi connectivity index (χ0) is 19.4. The number of halogens is 3. The summed E-state index contributed by atoms with van der Waals surface area (Å²) in [5.74, 6) is 1.20. The van der Waals surface area contributed by atoms with Crippen molar-refractivity contribution in [3.05, 3.63) is 52.1 Å². The van der Waals surface area contributed by atoms with Gasteiger partial charge in [0.25, 0.3) is 0 Å². The number of aryl methyl sites for hydroxylation is 1. The first-order chi connectivity index (χ1) is 13.0. The minimum atomic E-state index is -0.278. The molecule has 154 valence electrons. The third-order valence-electron chi connectivity index (χ3n) is 4.48. The fourth-order valence-electron chi connectivity index (χ4n) is 3.18. The van der Waals surface area contributed by atoms with Gasteiger partial charge in [-0.3, -0.25) is 4.99 Å². The van der Waals surface area contributed by atoms with Gasteiger partial charge in [0, 0.05) is 45.1 Å². The molecule has 1 aromatic heterocycles. The van der Waals surface area contributed by atoms with Gasteiger partial charge in [-0.2, -0.15) is 0 Å². The molecule has 1 aromatic carbocycles. The van der Waals surface area contributed by atoms with Gasteiger partial charge in [-0.05, 0) is 30.2 Å². The van der Waals surface area contributed by atoms with E-state index in [1.165, 1.54) is 12.1 Å². The van der Waals surface area contributed by atoms with Gasteiger partial charge < -0.3 is 24.3 Å². The maximum Gasteiger partial charge on any atom is 0.193 e. The van der Waals surface area contributed by atoms with Crippen LogP contribution in [0.15, 0.2) is 29.4 Å². The second kappa shape index (κ2) is 10.3. The maximum absolute atomic E-state index is 13.8. The Bertz CT molecular complexity index is 844. The van der Waals surface area contributed by atoms with Crippen LogP contribution in [0.4, 0.5) is 4.39 Å². The maximum atomic E-state index is 13.8. The summed E-state index contributed by atoms with van der Waals surface area (Å²) < 4.78 is 26.6. The molecule has 0 radical (unpaired) electrons. The molecule has 0 atom stereocenters. The average molecular weight is 523 g/mol. The van der Waals surface area contributed by atoms with E-state index in [1.807, 2.05) is 35.8 Å². The molecule has 2 aromatic rings. The summed E-state index contributed by atoms with van der Waals surface area (Å²) in [5, 5.41) is 4.03. The van der Waals surface area contributed by atoms with Crippen molar-refractivity contribution in [1.29, 1.82) is 0 Å². The summed E-state index contributed by atoms with van der Waals surface area (Å²) >= 11 is 6.05. The highest BCUT2D eigenvalue weighted by molar-refractivity contribution is 14.0. The van der Waals surface area contributed by atoms with Gasteiger partial charge in [-0.15, -0.1) is 24.0 Å². The molecule has 0 saturated carbocycles. The molecule has 0 fully saturated rings. The Morgan fingerprint density at radius 1 is 1.39 bits per heavy atom. The van der Waals surface area contributed by atoms with Crippen molar-refractivity contribution >= 4 is 41.5 Å². The molecule has 1 aliphatic heterocycles. The topological polar surface area (TPSA) is 51.0 Å². The van der Waals surface area contributed by atoms with Crippen molar-refractivity contribution in [3.8, 4) is 5.75 Å². The Labute approximate surface area is 186 Å². The number of hydrogen-bond acceptors (Lipinski definition) is 3. The van der Waals surface area contributed by atoms with Crippen molar-refractivity contribution in [3.63, 3.8) is 0 Å². The fraction of sp³-hybridized carbons (Fsp3) is 0.421. The molecule has 2 heterocycles. The van der Waals surface area contributed by atoms with Crippen LogP contribution >= 0.6 is 35.6 Å². The molecule has 1 N–H and O–H groups in total. The van der Waals surface area contributed by atoms with Crippen molar-refractivity contribution in [1.82, 2.24) is 14.8 Å². The lowest BCUT2D eigenvalue weighted by Gasteiger charge is -2.23. The number of fused-ring (bicyclic) bond motifs is 1. The molecule has 0 unspecified atom stereocenters. The monoisotopic (exact) mass is 522 g/mol. The molecule has 0 aliphatic carbocycles. The second-order valence-electron chi connectivity index (χ2n) is 6.50. The van der Waals surface area contributed by atoms with Crippen LogP contribution in [0.3, 0.4) is 0 Å². The van der Waals surface area contributed by atoms with Gasteiger partial charge in [0.1, 0.15) is 11.6 Å². The molecule has 0 saturated heterocycles. The van der Waals surface area contributed by atoms with Crippen molar-refractivity contribution in [2.24, 2.45) is 12.0 Å². The molecule has 0 amide bonds. The van der Waals surface area contributed by atoms with E-state index in [0.29, 0.717) is 31.1 Å². The highest BCUT2D eigenvalue weighted by atomic mass is 127. The lowest BCUT2D eigenvalue weighted by molar-refractivity contribution is -0.0172. The van der Waals surface area contributed by atoms with Gasteiger partial charge in [-0.25, -0.2) is 4.39 Å². The zero-order valence-corrected chi connectivity index (χ0v) is 19.3. The van der Waals surface area contributed by atoms with Gasteiger partial charge in [0.05, 0.1) is 18.2 Å². The quantitative estimate of drug-likeness (QED) is 0.371. The van der Waals surface area contributed by atoms with E-state index < -0.39 is 0 Å². The van der Waals surface area contributed by atoms with E-state index in [0.717, 1.165) is 28.5 Å². The van der Waals surface area contributed by atoms with Crippen LogP contribution in [-0.2, 0) is 31.4 Å². The van der Waals surface area contributed by atoms with Crippen LogP contribution in [0, 0.1) is 5.82 Å². The number of guanidine groups is 1. The first-order valence-corrected chi connectivity index (χ1v) is 9.10. The molecule has 0 bridgehead atoms. The predicted octanol–water partition coefficient (Wildman–Crippen LogP) is 3.55. The lowest BCUT2D eigenvalue weighted by atomic mass is 10.1. The van der Waals surface area contributed by atoms with Gasteiger partial charge >= 0.3 is 0 Å². The molecule has 28 heavy (non-hydrogen) atoms. The van der Waals surface area contributed by atoms with Gasteiger partial charge in [0.2, 0.25) is 0 Å². The molecule has 3 rings (SSSR count). The number of nitrogens with one attached hydrogen (secondary N) is 1. The first-order valence-electron chi connectivity index (χ1n) is 8.72. The number of rotatable bonds is 5. The molecule has 1 aliphatic rings. The van der Waals surface area contributed by atoms with Crippen LogP contribution in [0.25, 0.3) is 0 Å². The minimum Gasteiger partial charge on any atom is -0.467 e. The van der Waals surface area contributed by atoms with Crippen LogP contribution in [-0.4, -0.2) is 42.9 Å². The highest BCUT2D eigenvalue weighted by Gasteiger charge is 2.17. The van der Waals surface area contributed by atoms with E-state index in [-0.39, 0.29) is 36.6 Å². The van der Waals surface area contributed by atoms with Gasteiger partial charge in [-0.1, -0.05) is 11.6 Å². The summed E-state index contributed by atoms with van der Waals surface area (Å²) in [7, 11) is 5.66. The predicted molar refractivity (Wildman–Crippen MR) is 119 cm³/mol. The van der Waals surface area contributed by atoms with Crippen molar-refractivity contribution in [2.45, 2.75) is 19.6 Å². The molecular weight excluding hydrogens is 498 g/mol. The third-order valence-corrected chi connectivity index (χ3v) is 4.68. The first kappa shape index (κ1) is 22.8. The minimum absolute atomic E-state index is 0. The molecular formula is C19H25ClFIN4O2. The highest BCUT2D eigenvalue weighted by Crippen LogP contribution is 2.29. The normalized spacial score (nSPS) is 13.4. The van der Waals surface area contributed by atoms with Crippen molar-refractivity contribution in [2.75, 3.05) is 27.4 Å². The van der Waals surface area contributed by atoms with E-state index in [2.05, 4.69) is 10.3 Å². The third kappa shape index (κ3) is 5.51. The van der Waals surface area contributed by atoms with E-state index >= 15 is 0 Å². The number of aromatic nitrogens is 1. The SMILES string of the molecule is CN=C(NCCc1cc(F)cc2c1OCOC2)N(C)Cc1cc(Cl)cn1C.I. The van der Waals surface area contributed by atoms with E-state index in [1.54, 1.807) is 7.05 Å². The van der Waals surface area contributed by atoms with Gasteiger partial charge in [0.15, 0.2) is 12.8 Å². The summed E-state index contributed by atoms with van der Waals surface area (Å²) in [6, 6.07) is 4.91. The summed E-state index contributed by atoms with van der Waals surface area (Å²) in [4.78, 5) is 6.33. The average Bonchev–Trinajstić information content (AvgIpc) is 2.95. The lowest BCUT2D eigenvalue weighted by Crippen LogP contribution is -2.39. The smallest absolute Gasteiger partial charge is 0.193 e. The number of benzene rings is 1. The van der Waals surface area contributed by atoms with Crippen LogP contribution < -0.4 is 10.1 Å². The number of ether oxygens (including phenoxy) is 2. The largest absolute Gasteiger partial charge is 0.467 e. The zero-order valence-electron chi connectivity index (χ0n) is 16.2. The fourth-order valence-corrected chi connectivity index (χ4v) is 3.45. The Kier molecular flexibility index (Phi) is 8.38. The Morgan fingerprint density at radius 3 is 2.86 bits per heavy atom. The number of hydrogen-bond donors (Lipinski definition) is 1. The molecule has 6 nitrogen and oxygen atoms in total. The number of aliphatic imine (C=N–C) groups is 1. The van der Waals surface area contributed by atoms with Crippen LogP contribution in [0.1, 0.15) is 16.8 Å². The standard InChI is InChI=1S/C19H24ClFN4O2.HI/c1-22-19(25(3)10-17-8-15(20)9-24(17)2)23-5-4-13-6-16(21)7-14-11-26-12-27-18(13)14;/h6-9H,4-5,10-12H2,1-3H3,(H,22,23);1H. The van der Waals surface area contributed by atoms with Crippen LogP contribution in [0.5, 0.6) is 5.75 Å². The Morgan fingerprint density at radius 2 is 2.18 bits per heavy atom. The summed E-state index contributed by atoms with van der Waals surface area (Å²) in [6.45, 7) is 1.84. The van der Waals surface area contributed by atoms with E-state index in [4.69, 9.17) is 21.1 Å². The van der Waals surface area contributed by atoms with E-state index in [9.17, 15) is 4.39 Å². The second-order valence-corrected chi connectivity index (χ2v) is 6.94. The number of nitrogens with zero attached hydrogens (tertiary/aromatic N) is 3. The Hall–Kier alpha value is -1.52. The van der Waals surface area contributed by atoms with Crippen LogP contribution in [0.2, 0.25) is 5.02 Å². The molecule has 0 spiro atoms. The molecule has 9 heteroatoms. The summed E-state index contributed by atoms with van der Waals surface area (Å²) in [5.41, 5.74) is 2.66.